The average molecular weight is 677 g/mol. The van der Waals surface area contributed by atoms with Crippen molar-refractivity contribution in [3.8, 4) is 45.5 Å². The highest BCUT2D eigenvalue weighted by molar-refractivity contribution is 6.21. The molecule has 0 unspecified atom stereocenters. The second-order valence-electron chi connectivity index (χ2n) is 13.8. The van der Waals surface area contributed by atoms with Crippen LogP contribution in [0.3, 0.4) is 0 Å². The van der Waals surface area contributed by atoms with E-state index in [1.54, 1.807) is 0 Å². The normalized spacial score (nSPS) is 12.3. The molecule has 0 spiro atoms. The van der Waals surface area contributed by atoms with Gasteiger partial charge in [-0.15, -0.1) is 0 Å². The van der Waals surface area contributed by atoms with Crippen molar-refractivity contribution in [2.75, 3.05) is 0 Å². The number of fused-ring (bicyclic) bond motifs is 10. The Balaban J connectivity index is 1.10. The first-order valence-electron chi connectivity index (χ1n) is 17.9. The molecule has 8 aromatic carbocycles. The lowest BCUT2D eigenvalue weighted by atomic mass is 9.95. The third-order valence-electron chi connectivity index (χ3n) is 10.9. The topological polar surface area (TPSA) is 44.9 Å². The van der Waals surface area contributed by atoms with E-state index in [9.17, 15) is 0 Å². The Morgan fingerprint density at radius 2 is 1.06 bits per heavy atom. The Bertz CT molecular complexity index is 3320. The summed E-state index contributed by atoms with van der Waals surface area (Å²) in [5, 5.41) is 8.21. The summed E-state index contributed by atoms with van der Waals surface area (Å²) in [6.07, 6.45) is 0. The molecule has 53 heavy (non-hydrogen) atoms. The van der Waals surface area contributed by atoms with Gasteiger partial charge in [0.25, 0.3) is 0 Å². The summed E-state index contributed by atoms with van der Waals surface area (Å²) in [6, 6.07) is 60.2. The van der Waals surface area contributed by atoms with Gasteiger partial charge in [0.1, 0.15) is 11.5 Å². The number of rotatable bonds is 3. The molecule has 5 heteroatoms. The van der Waals surface area contributed by atoms with Crippen molar-refractivity contribution < 1.29 is 4.74 Å². The number of aromatic nitrogens is 4. The first kappa shape index (κ1) is 28.5. The van der Waals surface area contributed by atoms with Gasteiger partial charge in [0, 0.05) is 38.2 Å². The van der Waals surface area contributed by atoms with Crippen molar-refractivity contribution in [3.63, 3.8) is 0 Å². The van der Waals surface area contributed by atoms with Crippen molar-refractivity contribution in [1.82, 2.24) is 19.1 Å². The van der Waals surface area contributed by atoms with Crippen LogP contribution < -0.4 is 4.74 Å². The molecule has 0 saturated carbocycles. The third kappa shape index (κ3) is 3.96. The summed E-state index contributed by atoms with van der Waals surface area (Å²) >= 11 is 0. The zero-order valence-electron chi connectivity index (χ0n) is 28.4. The van der Waals surface area contributed by atoms with E-state index in [-0.39, 0.29) is 0 Å². The largest absolute Gasteiger partial charge is 0.456 e. The molecule has 0 amide bonds. The molecule has 5 nitrogen and oxygen atoms in total. The van der Waals surface area contributed by atoms with Crippen LogP contribution in [0.4, 0.5) is 0 Å². The van der Waals surface area contributed by atoms with Gasteiger partial charge < -0.3 is 9.30 Å². The molecule has 12 rings (SSSR count). The quantitative estimate of drug-likeness (QED) is 0.187. The predicted octanol–water partition coefficient (Wildman–Crippen LogP) is 12.4. The van der Waals surface area contributed by atoms with E-state index in [0.717, 1.165) is 66.7 Å². The van der Waals surface area contributed by atoms with Gasteiger partial charge in [-0.3, -0.25) is 4.57 Å². The van der Waals surface area contributed by atoms with Gasteiger partial charge >= 0.3 is 0 Å². The monoisotopic (exact) mass is 676 g/mol. The van der Waals surface area contributed by atoms with Gasteiger partial charge in [-0.1, -0.05) is 109 Å². The lowest BCUT2D eigenvalue weighted by Gasteiger charge is -2.20. The summed E-state index contributed by atoms with van der Waals surface area (Å²) in [7, 11) is 0. The number of para-hydroxylation sites is 4. The Kier molecular flexibility index (Phi) is 5.71. The van der Waals surface area contributed by atoms with Crippen LogP contribution in [-0.2, 0) is 0 Å². The van der Waals surface area contributed by atoms with E-state index in [4.69, 9.17) is 14.7 Å². The number of nitrogens with zero attached hydrogens (tertiary/aromatic N) is 4. The summed E-state index contributed by atoms with van der Waals surface area (Å²) < 4.78 is 10.9. The number of benzene rings is 8. The Hall–Kier alpha value is -7.24. The van der Waals surface area contributed by atoms with Gasteiger partial charge in [-0.25, -0.2) is 9.97 Å². The van der Waals surface area contributed by atoms with E-state index in [1.807, 2.05) is 36.4 Å². The van der Waals surface area contributed by atoms with Crippen LogP contribution >= 0.6 is 0 Å². The van der Waals surface area contributed by atoms with E-state index in [2.05, 4.69) is 143 Å². The molecule has 1 aliphatic heterocycles. The maximum absolute atomic E-state index is 6.29. The molecule has 0 fully saturated rings. The molecular weight excluding hydrogens is 649 g/mol. The van der Waals surface area contributed by atoms with Crippen molar-refractivity contribution in [2.24, 2.45) is 0 Å². The molecule has 0 aliphatic carbocycles. The van der Waals surface area contributed by atoms with Crippen LogP contribution in [0.25, 0.3) is 99.3 Å². The van der Waals surface area contributed by atoms with Gasteiger partial charge in [0.15, 0.2) is 0 Å². The summed E-state index contributed by atoms with van der Waals surface area (Å²) in [5.41, 5.74) is 10.8. The lowest BCUT2D eigenvalue weighted by molar-refractivity contribution is 0.486. The van der Waals surface area contributed by atoms with Crippen LogP contribution in [0.5, 0.6) is 11.5 Å². The third-order valence-corrected chi connectivity index (χ3v) is 10.9. The SMILES string of the molecule is c1ccc(-n2c3ccccc3c3ccc4c(-c5ccc6c(c5)c5ccccc5n6-c5nc6c7c(cccc7n5)Oc5ccccc5-6)cccc4c32)cc1. The summed E-state index contributed by atoms with van der Waals surface area (Å²) in [6.45, 7) is 0. The molecule has 4 heterocycles. The van der Waals surface area contributed by atoms with Crippen molar-refractivity contribution in [1.29, 1.82) is 0 Å². The molecule has 0 saturated heterocycles. The fourth-order valence-corrected chi connectivity index (χ4v) is 8.66. The zero-order chi connectivity index (χ0) is 34.6. The minimum Gasteiger partial charge on any atom is -0.456 e. The lowest BCUT2D eigenvalue weighted by Crippen LogP contribution is -2.06. The predicted molar refractivity (Wildman–Crippen MR) is 217 cm³/mol. The Morgan fingerprint density at radius 1 is 0.415 bits per heavy atom. The fourth-order valence-electron chi connectivity index (χ4n) is 8.66. The first-order chi connectivity index (χ1) is 26.3. The molecule has 0 radical (unpaired) electrons. The molecular formula is C48H28N4O. The van der Waals surface area contributed by atoms with Crippen molar-refractivity contribution in [2.45, 2.75) is 0 Å². The van der Waals surface area contributed by atoms with Gasteiger partial charge in [0.2, 0.25) is 5.95 Å². The van der Waals surface area contributed by atoms with Crippen LogP contribution in [0.15, 0.2) is 170 Å². The number of hydrogen-bond acceptors (Lipinski definition) is 3. The minimum absolute atomic E-state index is 0.640. The summed E-state index contributed by atoms with van der Waals surface area (Å²) in [5.74, 6) is 2.23. The highest BCUT2D eigenvalue weighted by Gasteiger charge is 2.25. The van der Waals surface area contributed by atoms with E-state index in [0.29, 0.717) is 5.95 Å². The number of hydrogen-bond donors (Lipinski definition) is 0. The van der Waals surface area contributed by atoms with Crippen LogP contribution in [-0.4, -0.2) is 19.1 Å². The van der Waals surface area contributed by atoms with Gasteiger partial charge in [-0.05, 0) is 77.2 Å². The first-order valence-corrected chi connectivity index (χ1v) is 17.9. The fraction of sp³-hybridized carbons (Fsp3) is 0. The molecule has 0 atom stereocenters. The van der Waals surface area contributed by atoms with Crippen LogP contribution in [0.2, 0.25) is 0 Å². The molecule has 246 valence electrons. The maximum Gasteiger partial charge on any atom is 0.235 e. The summed E-state index contributed by atoms with van der Waals surface area (Å²) in [4.78, 5) is 10.5. The molecule has 3 aromatic heterocycles. The number of ether oxygens (including phenoxy) is 1. The minimum atomic E-state index is 0.640. The van der Waals surface area contributed by atoms with Gasteiger partial charge in [-0.2, -0.15) is 0 Å². The second kappa shape index (κ2) is 10.6. The second-order valence-corrected chi connectivity index (χ2v) is 13.8. The molecule has 0 bridgehead atoms. The van der Waals surface area contributed by atoms with Crippen LogP contribution in [0.1, 0.15) is 0 Å². The Morgan fingerprint density at radius 3 is 1.94 bits per heavy atom. The van der Waals surface area contributed by atoms with Crippen molar-refractivity contribution in [3.05, 3.63) is 170 Å². The van der Waals surface area contributed by atoms with E-state index >= 15 is 0 Å². The van der Waals surface area contributed by atoms with Gasteiger partial charge in [0.05, 0.1) is 38.7 Å². The molecule has 0 N–H and O–H groups in total. The smallest absolute Gasteiger partial charge is 0.235 e. The standard InChI is InChI=1S/C48H28N4O/c1-2-12-30(13-3-1)51-40-20-7-4-14-33(40)36-26-25-32-31(17-10-18-35(32)47(36)51)29-24-27-42-38(28-29)34-15-5-8-21-41(34)52(42)48-49-39-19-11-23-44-45(39)46(50-48)37-16-6-9-22-43(37)53-44/h1-28H. The van der Waals surface area contributed by atoms with E-state index < -0.39 is 0 Å². The molecule has 1 aliphatic rings. The van der Waals surface area contributed by atoms with Crippen LogP contribution in [0, 0.1) is 0 Å². The highest BCUT2D eigenvalue weighted by atomic mass is 16.5. The maximum atomic E-state index is 6.29. The van der Waals surface area contributed by atoms with Crippen molar-refractivity contribution >= 4 is 65.3 Å². The zero-order valence-corrected chi connectivity index (χ0v) is 28.4. The van der Waals surface area contributed by atoms with E-state index in [1.165, 1.54) is 38.1 Å². The highest BCUT2D eigenvalue weighted by Crippen LogP contribution is 2.46. The Labute approximate surface area is 303 Å². The average Bonchev–Trinajstić information content (AvgIpc) is 3.74. The molecule has 11 aromatic rings.